The van der Waals surface area contributed by atoms with Crippen LogP contribution < -0.4 is 0 Å². The van der Waals surface area contributed by atoms with Gasteiger partial charge in [-0.3, -0.25) is 0 Å². The Kier molecular flexibility index (Phi) is 7.07. The lowest BCUT2D eigenvalue weighted by molar-refractivity contribution is -0.165. The number of aliphatic hydroxyl groups is 3. The van der Waals surface area contributed by atoms with E-state index in [0.717, 1.165) is 11.1 Å². The lowest BCUT2D eigenvalue weighted by Gasteiger charge is -2.38. The molecule has 3 heterocycles. The molecule has 3 N–H and O–H groups in total. The zero-order valence-corrected chi connectivity index (χ0v) is 18.7. The molecule has 4 rings (SSSR count). The second-order valence-electron chi connectivity index (χ2n) is 9.09. The Hall–Kier alpha value is -2.10. The molecule has 0 spiro atoms. The van der Waals surface area contributed by atoms with Gasteiger partial charge in [0.2, 0.25) is 11.8 Å². The Morgan fingerprint density at radius 1 is 1.12 bits per heavy atom. The lowest BCUT2D eigenvalue weighted by Crippen LogP contribution is -2.50. The maximum Gasteiger partial charge on any atom is 0.248 e. The number of nitrogens with zero attached hydrogens (tertiary/aromatic N) is 2. The largest absolute Gasteiger partial charge is 0.417 e. The van der Waals surface area contributed by atoms with Crippen LogP contribution in [-0.4, -0.2) is 68.7 Å². The Balaban J connectivity index is 1.30. The molecule has 0 radical (unpaired) electrons. The highest BCUT2D eigenvalue weighted by Crippen LogP contribution is 2.38. The van der Waals surface area contributed by atoms with Crippen LogP contribution in [0.25, 0.3) is 17.5 Å². The summed E-state index contributed by atoms with van der Waals surface area (Å²) < 4.78 is 17.3. The summed E-state index contributed by atoms with van der Waals surface area (Å²) in [6.07, 6.45) is -0.0318. The fraction of sp³-hybridized carbons (Fsp3) is 0.583. The fourth-order valence-electron chi connectivity index (χ4n) is 4.29. The highest BCUT2D eigenvalue weighted by atomic mass is 16.6. The normalized spacial score (nSPS) is 32.5. The van der Waals surface area contributed by atoms with Crippen LogP contribution in [0.2, 0.25) is 0 Å². The Labute approximate surface area is 187 Å². The van der Waals surface area contributed by atoms with Gasteiger partial charge >= 0.3 is 0 Å². The molecule has 2 aliphatic heterocycles. The van der Waals surface area contributed by atoms with E-state index in [1.54, 1.807) is 13.0 Å². The quantitative estimate of drug-likeness (QED) is 0.531. The van der Waals surface area contributed by atoms with Gasteiger partial charge in [0.1, 0.15) is 6.10 Å². The van der Waals surface area contributed by atoms with Gasteiger partial charge in [-0.25, -0.2) is 0 Å². The fourth-order valence-corrected chi connectivity index (χ4v) is 4.29. The standard InChI is InChI=1S/C24H32N2O6/c1-13(10-20-25-26-24(32-20)16-7-5-4-6-8-16)9-18-22(29)21(28)17(12-30-18)11-19-23(31-19)14(2)15(3)27/h4-8,10,14-15,17-19,21-23,27-29H,9,11-12H2,1-3H3/b13-10+/t14-,15-,17-,18-,19-,21+,22-,23-/m0/s1. The molecule has 0 aliphatic carbocycles. The van der Waals surface area contributed by atoms with Crippen molar-refractivity contribution in [2.24, 2.45) is 11.8 Å². The molecule has 0 bridgehead atoms. The summed E-state index contributed by atoms with van der Waals surface area (Å²) in [6, 6.07) is 9.54. The van der Waals surface area contributed by atoms with E-state index in [1.807, 2.05) is 44.2 Å². The number of hydrogen-bond donors (Lipinski definition) is 3. The maximum absolute atomic E-state index is 10.7. The van der Waals surface area contributed by atoms with Crippen LogP contribution in [-0.2, 0) is 9.47 Å². The van der Waals surface area contributed by atoms with Gasteiger partial charge in [0.05, 0.1) is 37.1 Å². The minimum Gasteiger partial charge on any atom is -0.417 e. The van der Waals surface area contributed by atoms with E-state index in [4.69, 9.17) is 13.9 Å². The van der Waals surface area contributed by atoms with E-state index in [9.17, 15) is 15.3 Å². The summed E-state index contributed by atoms with van der Waals surface area (Å²) >= 11 is 0. The molecule has 1 aromatic carbocycles. The molecule has 8 nitrogen and oxygen atoms in total. The molecule has 2 saturated heterocycles. The second kappa shape index (κ2) is 9.80. The van der Waals surface area contributed by atoms with Crippen LogP contribution in [0.15, 0.2) is 40.3 Å². The van der Waals surface area contributed by atoms with E-state index in [1.165, 1.54) is 0 Å². The van der Waals surface area contributed by atoms with Crippen LogP contribution in [0.3, 0.4) is 0 Å². The minimum atomic E-state index is -0.994. The monoisotopic (exact) mass is 444 g/mol. The van der Waals surface area contributed by atoms with Crippen molar-refractivity contribution in [2.75, 3.05) is 6.61 Å². The summed E-state index contributed by atoms with van der Waals surface area (Å²) in [5.41, 5.74) is 1.75. The molecule has 0 amide bonds. The van der Waals surface area contributed by atoms with Crippen LogP contribution >= 0.6 is 0 Å². The first-order valence-electron chi connectivity index (χ1n) is 11.2. The number of epoxide rings is 1. The van der Waals surface area contributed by atoms with Crippen molar-refractivity contribution in [2.45, 2.75) is 70.2 Å². The van der Waals surface area contributed by atoms with Gasteiger partial charge in [-0.1, -0.05) is 30.7 Å². The van der Waals surface area contributed by atoms with Gasteiger partial charge in [0.25, 0.3) is 0 Å². The van der Waals surface area contributed by atoms with Crippen molar-refractivity contribution >= 4 is 6.08 Å². The van der Waals surface area contributed by atoms with Gasteiger partial charge in [-0.2, -0.15) is 0 Å². The third-order valence-electron chi connectivity index (χ3n) is 6.53. The number of rotatable bonds is 8. The number of benzene rings is 1. The van der Waals surface area contributed by atoms with E-state index in [0.29, 0.717) is 31.2 Å². The lowest BCUT2D eigenvalue weighted by atomic mass is 9.85. The molecule has 2 aliphatic rings. The first-order chi connectivity index (χ1) is 15.3. The average Bonchev–Trinajstić information content (AvgIpc) is 3.39. The van der Waals surface area contributed by atoms with Gasteiger partial charge in [0, 0.05) is 23.5 Å². The van der Waals surface area contributed by atoms with Crippen molar-refractivity contribution in [1.82, 2.24) is 10.2 Å². The Morgan fingerprint density at radius 3 is 2.59 bits per heavy atom. The van der Waals surface area contributed by atoms with Crippen LogP contribution in [0, 0.1) is 11.8 Å². The van der Waals surface area contributed by atoms with Crippen LogP contribution in [0.4, 0.5) is 0 Å². The number of hydrogen-bond acceptors (Lipinski definition) is 8. The smallest absolute Gasteiger partial charge is 0.248 e. The van der Waals surface area contributed by atoms with Gasteiger partial charge in [-0.05, 0) is 38.8 Å². The highest BCUT2D eigenvalue weighted by molar-refractivity contribution is 5.53. The second-order valence-corrected chi connectivity index (χ2v) is 9.09. The molecular weight excluding hydrogens is 412 g/mol. The molecule has 1 aromatic heterocycles. The molecule has 2 aromatic rings. The zero-order chi connectivity index (χ0) is 22.8. The summed E-state index contributed by atoms with van der Waals surface area (Å²) in [5.74, 6) is 0.668. The van der Waals surface area contributed by atoms with Gasteiger partial charge in [-0.15, -0.1) is 10.2 Å². The Morgan fingerprint density at radius 2 is 1.88 bits per heavy atom. The summed E-state index contributed by atoms with van der Waals surface area (Å²) in [7, 11) is 0. The van der Waals surface area contributed by atoms with Crippen molar-refractivity contribution < 1.29 is 29.2 Å². The van der Waals surface area contributed by atoms with Gasteiger partial charge < -0.3 is 29.2 Å². The van der Waals surface area contributed by atoms with E-state index in [2.05, 4.69) is 10.2 Å². The van der Waals surface area contributed by atoms with Crippen molar-refractivity contribution in [3.8, 4) is 11.5 Å². The predicted octanol–water partition coefficient (Wildman–Crippen LogP) is 2.44. The molecule has 0 saturated carbocycles. The maximum atomic E-state index is 10.7. The van der Waals surface area contributed by atoms with Crippen LogP contribution in [0.1, 0.15) is 39.5 Å². The van der Waals surface area contributed by atoms with E-state index in [-0.39, 0.29) is 24.0 Å². The molecule has 0 unspecified atom stereocenters. The van der Waals surface area contributed by atoms with E-state index < -0.39 is 24.4 Å². The molecule has 8 heteroatoms. The summed E-state index contributed by atoms with van der Waals surface area (Å²) in [4.78, 5) is 0. The first-order valence-corrected chi connectivity index (χ1v) is 11.2. The SMILES string of the molecule is C/C(=C\c1nnc(-c2ccccc2)o1)C[C@@H]1OC[C@H](C[C@@H]2O[C@H]2[C@@H](C)[C@H](C)O)[C@@H](O)[C@H]1O. The number of ether oxygens (including phenoxy) is 2. The number of aliphatic hydroxyl groups excluding tert-OH is 3. The topological polar surface area (TPSA) is 121 Å². The highest BCUT2D eigenvalue weighted by Gasteiger charge is 2.48. The summed E-state index contributed by atoms with van der Waals surface area (Å²) in [5, 5.41) is 39.2. The molecular formula is C24H32N2O6. The number of aromatic nitrogens is 2. The molecule has 2 fully saturated rings. The van der Waals surface area contributed by atoms with Crippen LogP contribution in [0.5, 0.6) is 0 Å². The minimum absolute atomic E-state index is 0.00238. The third-order valence-corrected chi connectivity index (χ3v) is 6.53. The average molecular weight is 445 g/mol. The van der Waals surface area contributed by atoms with E-state index >= 15 is 0 Å². The van der Waals surface area contributed by atoms with Gasteiger partial charge in [0.15, 0.2) is 0 Å². The molecule has 32 heavy (non-hydrogen) atoms. The van der Waals surface area contributed by atoms with Crippen molar-refractivity contribution in [1.29, 1.82) is 0 Å². The first kappa shape index (κ1) is 23.1. The summed E-state index contributed by atoms with van der Waals surface area (Å²) in [6.45, 7) is 5.96. The van der Waals surface area contributed by atoms with Crippen molar-refractivity contribution in [3.63, 3.8) is 0 Å². The third kappa shape index (κ3) is 5.27. The predicted molar refractivity (Wildman–Crippen MR) is 117 cm³/mol. The molecule has 174 valence electrons. The zero-order valence-electron chi connectivity index (χ0n) is 18.7. The Bertz CT molecular complexity index is 914. The molecule has 8 atom stereocenters. The van der Waals surface area contributed by atoms with Crippen molar-refractivity contribution in [3.05, 3.63) is 41.8 Å².